The number of anilines is 1. The minimum Gasteiger partial charge on any atom is -0.369 e. The molecule has 0 unspecified atom stereocenters. The fraction of sp³-hybridized carbons (Fsp3) is 0.429. The first-order valence-electron chi connectivity index (χ1n) is 6.84. The molecule has 1 fully saturated rings. The monoisotopic (exact) mass is 276 g/mol. The van der Waals surface area contributed by atoms with Crippen molar-refractivity contribution in [2.24, 2.45) is 0 Å². The second-order valence-corrected chi connectivity index (χ2v) is 5.13. The van der Waals surface area contributed by atoms with Crippen LogP contribution in [-0.2, 0) is 11.3 Å². The summed E-state index contributed by atoms with van der Waals surface area (Å²) in [5, 5.41) is 0. The number of carbonyl (C=O) groups is 1. The minimum absolute atomic E-state index is 0.0417. The van der Waals surface area contributed by atoms with Crippen molar-refractivity contribution >= 4 is 22.9 Å². The molecular formula is C14H17FN4O. The van der Waals surface area contributed by atoms with Crippen molar-refractivity contribution < 1.29 is 9.18 Å². The molecule has 1 aromatic heterocycles. The summed E-state index contributed by atoms with van der Waals surface area (Å²) in [5.74, 6) is -0.0690. The van der Waals surface area contributed by atoms with Crippen molar-refractivity contribution in [2.45, 2.75) is 25.8 Å². The third-order valence-corrected chi connectivity index (χ3v) is 3.74. The van der Waals surface area contributed by atoms with Crippen molar-refractivity contribution in [3.63, 3.8) is 0 Å². The molecule has 6 heteroatoms. The maximum Gasteiger partial charge on any atom is 0.242 e. The van der Waals surface area contributed by atoms with Gasteiger partial charge in [-0.15, -0.1) is 0 Å². The molecule has 3 rings (SSSR count). The lowest BCUT2D eigenvalue weighted by Crippen LogP contribution is -2.37. The van der Waals surface area contributed by atoms with E-state index in [-0.39, 0.29) is 24.2 Å². The van der Waals surface area contributed by atoms with E-state index in [2.05, 4.69) is 4.98 Å². The van der Waals surface area contributed by atoms with Gasteiger partial charge in [-0.1, -0.05) is 0 Å². The van der Waals surface area contributed by atoms with E-state index in [9.17, 15) is 9.18 Å². The first kappa shape index (κ1) is 12.9. The predicted octanol–water partition coefficient (Wildman–Crippen LogP) is 1.77. The highest BCUT2D eigenvalue weighted by Crippen LogP contribution is 2.19. The van der Waals surface area contributed by atoms with Gasteiger partial charge >= 0.3 is 0 Å². The Morgan fingerprint density at radius 2 is 2.05 bits per heavy atom. The van der Waals surface area contributed by atoms with Crippen LogP contribution in [0.3, 0.4) is 0 Å². The largest absolute Gasteiger partial charge is 0.369 e. The fourth-order valence-electron chi connectivity index (χ4n) is 2.67. The average Bonchev–Trinajstić information content (AvgIpc) is 2.75. The Balaban J connectivity index is 1.86. The molecule has 0 bridgehead atoms. The van der Waals surface area contributed by atoms with E-state index in [1.54, 1.807) is 10.6 Å². The van der Waals surface area contributed by atoms with Gasteiger partial charge in [-0.05, 0) is 31.4 Å². The van der Waals surface area contributed by atoms with Gasteiger partial charge < -0.3 is 15.2 Å². The molecule has 1 aliphatic rings. The smallest absolute Gasteiger partial charge is 0.242 e. The van der Waals surface area contributed by atoms with Gasteiger partial charge in [0.1, 0.15) is 12.4 Å². The number of nitrogen functional groups attached to an aromatic ring is 1. The number of amides is 1. The molecule has 1 aromatic carbocycles. The maximum atomic E-state index is 13.2. The number of hydrogen-bond acceptors (Lipinski definition) is 3. The zero-order valence-electron chi connectivity index (χ0n) is 11.2. The Bertz CT molecular complexity index is 646. The summed E-state index contributed by atoms with van der Waals surface area (Å²) >= 11 is 0. The summed E-state index contributed by atoms with van der Waals surface area (Å²) in [6, 6.07) is 4.29. The van der Waals surface area contributed by atoms with Crippen molar-refractivity contribution in [1.82, 2.24) is 14.5 Å². The number of nitrogens with zero attached hydrogens (tertiary/aromatic N) is 3. The van der Waals surface area contributed by atoms with E-state index < -0.39 is 0 Å². The lowest BCUT2D eigenvalue weighted by Gasteiger charge is -2.27. The van der Waals surface area contributed by atoms with E-state index in [0.717, 1.165) is 25.9 Å². The van der Waals surface area contributed by atoms with Crippen LogP contribution in [-0.4, -0.2) is 33.4 Å². The van der Waals surface area contributed by atoms with Crippen LogP contribution in [0.25, 0.3) is 11.0 Å². The number of hydrogen-bond donors (Lipinski definition) is 1. The van der Waals surface area contributed by atoms with Crippen LogP contribution < -0.4 is 5.73 Å². The third-order valence-electron chi connectivity index (χ3n) is 3.74. The Morgan fingerprint density at radius 1 is 1.30 bits per heavy atom. The standard InChI is InChI=1S/C14H17FN4O/c15-10-4-5-12-11(8-10)17-14(16)19(12)9-13(20)18-6-2-1-3-7-18/h4-5,8H,1-3,6-7,9H2,(H2,16,17). The quantitative estimate of drug-likeness (QED) is 0.909. The molecule has 0 atom stereocenters. The maximum absolute atomic E-state index is 13.2. The van der Waals surface area contributed by atoms with Gasteiger partial charge in [-0.2, -0.15) is 0 Å². The summed E-state index contributed by atoms with van der Waals surface area (Å²) in [4.78, 5) is 18.2. The van der Waals surface area contributed by atoms with Crippen LogP contribution in [0.4, 0.5) is 10.3 Å². The molecule has 0 saturated carbocycles. The molecule has 2 N–H and O–H groups in total. The Hall–Kier alpha value is -2.11. The molecule has 1 aliphatic heterocycles. The third kappa shape index (κ3) is 2.33. The number of piperidine rings is 1. The summed E-state index contributed by atoms with van der Waals surface area (Å²) in [6.07, 6.45) is 3.29. The number of imidazole rings is 1. The van der Waals surface area contributed by atoms with E-state index in [1.807, 2.05) is 4.90 Å². The molecule has 0 spiro atoms. The van der Waals surface area contributed by atoms with Crippen molar-refractivity contribution in [3.8, 4) is 0 Å². The van der Waals surface area contributed by atoms with Gasteiger partial charge in [0, 0.05) is 19.2 Å². The zero-order valence-corrected chi connectivity index (χ0v) is 11.2. The van der Waals surface area contributed by atoms with Gasteiger partial charge in [-0.25, -0.2) is 9.37 Å². The second-order valence-electron chi connectivity index (χ2n) is 5.13. The normalized spacial score (nSPS) is 15.8. The van der Waals surface area contributed by atoms with Gasteiger partial charge in [0.25, 0.3) is 0 Å². The highest BCUT2D eigenvalue weighted by molar-refractivity contribution is 5.83. The molecule has 5 nitrogen and oxygen atoms in total. The number of carbonyl (C=O) groups excluding carboxylic acids is 1. The summed E-state index contributed by atoms with van der Waals surface area (Å²) in [6.45, 7) is 1.77. The molecule has 2 aromatic rings. The highest BCUT2D eigenvalue weighted by atomic mass is 19.1. The van der Waals surface area contributed by atoms with Crippen LogP contribution in [0, 0.1) is 5.82 Å². The van der Waals surface area contributed by atoms with Gasteiger partial charge in [-0.3, -0.25) is 4.79 Å². The topological polar surface area (TPSA) is 64.1 Å². The van der Waals surface area contributed by atoms with Crippen LogP contribution in [0.15, 0.2) is 18.2 Å². The van der Waals surface area contributed by atoms with Crippen LogP contribution in [0.5, 0.6) is 0 Å². The summed E-state index contributed by atoms with van der Waals surface area (Å²) in [7, 11) is 0. The molecule has 0 aliphatic carbocycles. The molecular weight excluding hydrogens is 259 g/mol. The number of fused-ring (bicyclic) bond motifs is 1. The average molecular weight is 276 g/mol. The fourth-order valence-corrected chi connectivity index (χ4v) is 2.67. The SMILES string of the molecule is Nc1nc2cc(F)ccc2n1CC(=O)N1CCCCC1. The zero-order chi connectivity index (χ0) is 14.1. The van der Waals surface area contributed by atoms with Gasteiger partial charge in [0.15, 0.2) is 0 Å². The summed E-state index contributed by atoms with van der Waals surface area (Å²) < 4.78 is 14.8. The highest BCUT2D eigenvalue weighted by Gasteiger charge is 2.19. The number of rotatable bonds is 2. The first-order valence-corrected chi connectivity index (χ1v) is 6.84. The lowest BCUT2D eigenvalue weighted by molar-refractivity contribution is -0.132. The molecule has 1 saturated heterocycles. The number of halogens is 1. The Labute approximate surface area is 116 Å². The summed E-state index contributed by atoms with van der Waals surface area (Å²) in [5.41, 5.74) is 7.01. The molecule has 0 radical (unpaired) electrons. The number of likely N-dealkylation sites (tertiary alicyclic amines) is 1. The number of aromatic nitrogens is 2. The van der Waals surface area contributed by atoms with Crippen LogP contribution in [0.2, 0.25) is 0 Å². The molecule has 1 amide bonds. The number of nitrogens with two attached hydrogens (primary N) is 1. The minimum atomic E-state index is -0.357. The molecule has 2 heterocycles. The van der Waals surface area contributed by atoms with Gasteiger partial charge in [0.2, 0.25) is 11.9 Å². The van der Waals surface area contributed by atoms with Crippen molar-refractivity contribution in [1.29, 1.82) is 0 Å². The predicted molar refractivity (Wildman–Crippen MR) is 74.5 cm³/mol. The Kier molecular flexibility index (Phi) is 3.30. The molecule has 106 valence electrons. The van der Waals surface area contributed by atoms with Crippen molar-refractivity contribution in [3.05, 3.63) is 24.0 Å². The van der Waals surface area contributed by atoms with Crippen molar-refractivity contribution in [2.75, 3.05) is 18.8 Å². The second kappa shape index (κ2) is 5.11. The Morgan fingerprint density at radius 3 is 2.80 bits per heavy atom. The van der Waals surface area contributed by atoms with E-state index in [0.29, 0.717) is 11.0 Å². The van der Waals surface area contributed by atoms with E-state index in [1.165, 1.54) is 18.6 Å². The van der Waals surface area contributed by atoms with E-state index in [4.69, 9.17) is 5.73 Å². The lowest BCUT2D eigenvalue weighted by atomic mass is 10.1. The first-order chi connectivity index (χ1) is 9.65. The van der Waals surface area contributed by atoms with Crippen LogP contribution in [0.1, 0.15) is 19.3 Å². The van der Waals surface area contributed by atoms with Crippen LogP contribution >= 0.6 is 0 Å². The molecule has 20 heavy (non-hydrogen) atoms. The van der Waals surface area contributed by atoms with E-state index >= 15 is 0 Å². The van der Waals surface area contributed by atoms with Gasteiger partial charge in [0.05, 0.1) is 11.0 Å². The number of benzene rings is 1.